The Kier molecular flexibility index (Phi) is 3.99. The molecule has 136 valence electrons. The molecule has 7 heteroatoms. The van der Waals surface area contributed by atoms with Gasteiger partial charge in [0.25, 0.3) is 11.5 Å². The molecular formula is C20H18N4O3. The molecule has 0 saturated carbocycles. The summed E-state index contributed by atoms with van der Waals surface area (Å²) in [4.78, 5) is 43.5. The summed E-state index contributed by atoms with van der Waals surface area (Å²) < 4.78 is 1.41. The first-order chi connectivity index (χ1) is 13.0. The lowest BCUT2D eigenvalue weighted by molar-refractivity contribution is -0.132. The van der Waals surface area contributed by atoms with E-state index in [0.717, 1.165) is 10.5 Å². The molecule has 1 fully saturated rings. The third-order valence-electron chi connectivity index (χ3n) is 4.92. The first-order valence-electron chi connectivity index (χ1n) is 8.72. The fourth-order valence-corrected chi connectivity index (χ4v) is 3.48. The monoisotopic (exact) mass is 362 g/mol. The normalized spacial score (nSPS) is 19.5. The summed E-state index contributed by atoms with van der Waals surface area (Å²) in [5, 5.41) is 2.83. The van der Waals surface area contributed by atoms with Crippen LogP contribution >= 0.6 is 0 Å². The van der Waals surface area contributed by atoms with E-state index < -0.39 is 11.6 Å². The summed E-state index contributed by atoms with van der Waals surface area (Å²) in [6, 6.07) is 15.3. The Bertz CT molecular complexity index is 1090. The van der Waals surface area contributed by atoms with Crippen molar-refractivity contribution in [2.24, 2.45) is 0 Å². The highest BCUT2D eigenvalue weighted by Gasteiger charge is 2.51. The van der Waals surface area contributed by atoms with Crippen LogP contribution in [0.4, 0.5) is 4.79 Å². The smallest absolute Gasteiger partial charge is 0.319 e. The topological polar surface area (TPSA) is 83.8 Å². The number of hydrogen-bond acceptors (Lipinski definition) is 4. The fraction of sp³-hybridized carbons (Fsp3) is 0.200. The number of urea groups is 1. The fourth-order valence-electron chi connectivity index (χ4n) is 3.48. The van der Waals surface area contributed by atoms with Gasteiger partial charge in [-0.1, -0.05) is 43.3 Å². The number of carbonyl (C=O) groups is 2. The van der Waals surface area contributed by atoms with Crippen molar-refractivity contribution in [1.82, 2.24) is 19.6 Å². The van der Waals surface area contributed by atoms with Crippen LogP contribution < -0.4 is 10.9 Å². The molecule has 7 nitrogen and oxygen atoms in total. The zero-order valence-corrected chi connectivity index (χ0v) is 14.8. The average Bonchev–Trinajstić information content (AvgIpc) is 2.94. The van der Waals surface area contributed by atoms with E-state index in [1.165, 1.54) is 10.5 Å². The number of nitrogens with zero attached hydrogens (tertiary/aromatic N) is 3. The minimum Gasteiger partial charge on any atom is -0.319 e. The number of rotatable bonds is 4. The maximum absolute atomic E-state index is 13.2. The molecule has 1 N–H and O–H groups in total. The van der Waals surface area contributed by atoms with Crippen molar-refractivity contribution in [3.63, 3.8) is 0 Å². The van der Waals surface area contributed by atoms with E-state index in [1.54, 1.807) is 24.4 Å². The number of fused-ring (bicyclic) bond motifs is 1. The summed E-state index contributed by atoms with van der Waals surface area (Å²) in [5.41, 5.74) is 0.225. The summed E-state index contributed by atoms with van der Waals surface area (Å²) in [7, 11) is 0. The van der Waals surface area contributed by atoms with Crippen LogP contribution in [-0.2, 0) is 16.9 Å². The van der Waals surface area contributed by atoms with Crippen molar-refractivity contribution in [2.45, 2.75) is 25.4 Å². The van der Waals surface area contributed by atoms with Crippen molar-refractivity contribution < 1.29 is 9.59 Å². The van der Waals surface area contributed by atoms with Crippen molar-refractivity contribution in [1.29, 1.82) is 0 Å². The molecule has 1 unspecified atom stereocenters. The van der Waals surface area contributed by atoms with Gasteiger partial charge in [-0.25, -0.2) is 9.78 Å². The molecule has 1 atom stereocenters. The van der Waals surface area contributed by atoms with Gasteiger partial charge in [0, 0.05) is 12.3 Å². The third-order valence-corrected chi connectivity index (χ3v) is 4.92. The molecule has 27 heavy (non-hydrogen) atoms. The Morgan fingerprint density at radius 1 is 1.04 bits per heavy atom. The summed E-state index contributed by atoms with van der Waals surface area (Å²) in [6.45, 7) is 1.80. The van der Waals surface area contributed by atoms with E-state index in [9.17, 15) is 14.4 Å². The van der Waals surface area contributed by atoms with Crippen LogP contribution in [0.3, 0.4) is 0 Å². The molecule has 3 aromatic rings. The molecule has 0 spiro atoms. The van der Waals surface area contributed by atoms with E-state index in [-0.39, 0.29) is 18.0 Å². The van der Waals surface area contributed by atoms with Crippen LogP contribution in [0, 0.1) is 0 Å². The van der Waals surface area contributed by atoms with Crippen LogP contribution in [0.15, 0.2) is 65.6 Å². The second-order valence-electron chi connectivity index (χ2n) is 6.46. The molecule has 2 aromatic heterocycles. The molecule has 0 aliphatic carbocycles. The van der Waals surface area contributed by atoms with Crippen LogP contribution in [-0.4, -0.2) is 26.2 Å². The van der Waals surface area contributed by atoms with Gasteiger partial charge in [0.1, 0.15) is 11.2 Å². The molecule has 4 rings (SSSR count). The average molecular weight is 362 g/mol. The van der Waals surface area contributed by atoms with Crippen molar-refractivity contribution in [3.05, 3.63) is 82.4 Å². The number of benzene rings is 1. The minimum atomic E-state index is -1.09. The highest BCUT2D eigenvalue weighted by molar-refractivity contribution is 6.07. The van der Waals surface area contributed by atoms with Crippen LogP contribution in [0.5, 0.6) is 0 Å². The largest absolute Gasteiger partial charge is 0.325 e. The van der Waals surface area contributed by atoms with Gasteiger partial charge in [-0.15, -0.1) is 0 Å². The molecular weight excluding hydrogens is 344 g/mol. The number of pyridine rings is 1. The van der Waals surface area contributed by atoms with E-state index >= 15 is 0 Å². The van der Waals surface area contributed by atoms with E-state index in [0.29, 0.717) is 17.8 Å². The van der Waals surface area contributed by atoms with Gasteiger partial charge in [-0.05, 0) is 24.1 Å². The number of carbonyl (C=O) groups excluding carboxylic acids is 2. The van der Waals surface area contributed by atoms with Crippen molar-refractivity contribution >= 4 is 17.6 Å². The molecule has 1 saturated heterocycles. The van der Waals surface area contributed by atoms with Gasteiger partial charge in [0.2, 0.25) is 0 Å². The Morgan fingerprint density at radius 3 is 2.52 bits per heavy atom. The predicted octanol–water partition coefficient (Wildman–Crippen LogP) is 2.05. The van der Waals surface area contributed by atoms with Crippen LogP contribution in [0.25, 0.3) is 5.65 Å². The van der Waals surface area contributed by atoms with Gasteiger partial charge < -0.3 is 5.32 Å². The number of hydrogen-bond donors (Lipinski definition) is 1. The Balaban J connectivity index is 1.70. The molecule has 3 amide bonds. The van der Waals surface area contributed by atoms with Crippen molar-refractivity contribution in [3.8, 4) is 0 Å². The first-order valence-corrected chi connectivity index (χ1v) is 8.72. The van der Waals surface area contributed by atoms with E-state index in [4.69, 9.17) is 0 Å². The molecule has 3 heterocycles. The highest BCUT2D eigenvalue weighted by atomic mass is 16.2. The van der Waals surface area contributed by atoms with Crippen LogP contribution in [0.2, 0.25) is 0 Å². The summed E-state index contributed by atoms with van der Waals surface area (Å²) >= 11 is 0. The molecule has 0 radical (unpaired) electrons. The second-order valence-corrected chi connectivity index (χ2v) is 6.46. The van der Waals surface area contributed by atoms with Crippen molar-refractivity contribution in [2.75, 3.05) is 0 Å². The van der Waals surface area contributed by atoms with Crippen LogP contribution in [0.1, 0.15) is 24.6 Å². The lowest BCUT2D eigenvalue weighted by Crippen LogP contribution is -2.43. The minimum absolute atomic E-state index is 0.0557. The SMILES string of the molecule is CCC1(c2ccccc2)NC(=O)N(Cc2cc(=O)n3ccccc3n2)C1=O. The first kappa shape index (κ1) is 17.0. The van der Waals surface area contributed by atoms with E-state index in [1.807, 2.05) is 37.3 Å². The second kappa shape index (κ2) is 6.35. The molecule has 0 bridgehead atoms. The molecule has 1 aliphatic rings. The van der Waals surface area contributed by atoms with Gasteiger partial charge in [-0.3, -0.25) is 18.9 Å². The Hall–Kier alpha value is -3.48. The zero-order chi connectivity index (χ0) is 19.0. The number of nitrogens with one attached hydrogen (secondary N) is 1. The predicted molar refractivity (Wildman–Crippen MR) is 99.0 cm³/mol. The number of aromatic nitrogens is 2. The third kappa shape index (κ3) is 2.68. The standard InChI is InChI=1S/C20H18N4O3/c1-2-20(14-8-4-3-5-9-14)18(26)24(19(27)22-20)13-15-12-17(25)23-11-7-6-10-16(23)21-15/h3-12H,2,13H2,1H3,(H,22,27). The van der Waals surface area contributed by atoms with E-state index in [2.05, 4.69) is 10.3 Å². The maximum atomic E-state index is 13.2. The van der Waals surface area contributed by atoms with Gasteiger partial charge in [-0.2, -0.15) is 0 Å². The van der Waals surface area contributed by atoms with Gasteiger partial charge >= 0.3 is 6.03 Å². The molecule has 1 aliphatic heterocycles. The zero-order valence-electron chi connectivity index (χ0n) is 14.8. The summed E-state index contributed by atoms with van der Waals surface area (Å²) in [5.74, 6) is -0.337. The quantitative estimate of drug-likeness (QED) is 0.720. The summed E-state index contributed by atoms with van der Waals surface area (Å²) in [6.07, 6.45) is 2.05. The highest BCUT2D eigenvalue weighted by Crippen LogP contribution is 2.32. The Morgan fingerprint density at radius 2 is 1.78 bits per heavy atom. The lowest BCUT2D eigenvalue weighted by Gasteiger charge is -2.25. The van der Waals surface area contributed by atoms with Gasteiger partial charge in [0.15, 0.2) is 0 Å². The lowest BCUT2D eigenvalue weighted by atomic mass is 9.87. The number of amides is 3. The number of imide groups is 1. The van der Waals surface area contributed by atoms with Gasteiger partial charge in [0.05, 0.1) is 12.2 Å². The Labute approximate surface area is 155 Å². The molecule has 1 aromatic carbocycles. The maximum Gasteiger partial charge on any atom is 0.325 e.